The first-order valence-corrected chi connectivity index (χ1v) is 11.5. The molecule has 1 aliphatic rings. The van der Waals surface area contributed by atoms with Crippen LogP contribution >= 0.6 is 23.1 Å². The predicted octanol–water partition coefficient (Wildman–Crippen LogP) is 4.25. The van der Waals surface area contributed by atoms with Gasteiger partial charge >= 0.3 is 0 Å². The summed E-state index contributed by atoms with van der Waals surface area (Å²) in [6.45, 7) is 4.17. The highest BCUT2D eigenvalue weighted by molar-refractivity contribution is 7.99. The average molecular weight is 414 g/mol. The molecule has 28 heavy (non-hydrogen) atoms. The Morgan fingerprint density at radius 3 is 2.64 bits per heavy atom. The minimum atomic E-state index is -0.0207. The van der Waals surface area contributed by atoms with Gasteiger partial charge in [-0.2, -0.15) is 0 Å². The van der Waals surface area contributed by atoms with Gasteiger partial charge in [0.1, 0.15) is 4.70 Å². The minimum Gasteiger partial charge on any atom is -0.342 e. The molecule has 3 heterocycles. The van der Waals surface area contributed by atoms with Gasteiger partial charge in [-0.1, -0.05) is 42.1 Å². The van der Waals surface area contributed by atoms with Gasteiger partial charge in [-0.05, 0) is 37.8 Å². The van der Waals surface area contributed by atoms with Crippen LogP contribution in [0.15, 0.2) is 46.3 Å². The zero-order valence-electron chi connectivity index (χ0n) is 15.9. The van der Waals surface area contributed by atoms with Crippen LogP contribution < -0.4 is 5.56 Å². The third-order valence-electron chi connectivity index (χ3n) is 5.01. The highest BCUT2D eigenvalue weighted by Gasteiger charge is 2.19. The lowest BCUT2D eigenvalue weighted by Gasteiger charge is -2.26. The number of thioether (sulfide) groups is 1. The van der Waals surface area contributed by atoms with Crippen LogP contribution in [0, 0.1) is 0 Å². The number of rotatable bonds is 5. The van der Waals surface area contributed by atoms with E-state index in [0.29, 0.717) is 27.7 Å². The van der Waals surface area contributed by atoms with E-state index in [1.54, 1.807) is 4.57 Å². The molecule has 146 valence electrons. The summed E-state index contributed by atoms with van der Waals surface area (Å²) in [4.78, 5) is 33.2. The quantitative estimate of drug-likeness (QED) is 0.463. The molecule has 0 bridgehead atoms. The Balaban J connectivity index is 1.62. The Kier molecular flexibility index (Phi) is 5.82. The van der Waals surface area contributed by atoms with Crippen LogP contribution in [-0.4, -0.2) is 39.2 Å². The van der Waals surface area contributed by atoms with Gasteiger partial charge in [0, 0.05) is 24.5 Å². The molecule has 7 heteroatoms. The van der Waals surface area contributed by atoms with Crippen molar-refractivity contribution >= 4 is 39.2 Å². The van der Waals surface area contributed by atoms with Crippen molar-refractivity contribution in [3.8, 4) is 10.4 Å². The zero-order chi connectivity index (χ0) is 19.5. The van der Waals surface area contributed by atoms with Crippen LogP contribution in [0.3, 0.4) is 0 Å². The fraction of sp³-hybridized carbons (Fsp3) is 0.381. The summed E-state index contributed by atoms with van der Waals surface area (Å²) in [6.07, 6.45) is 3.36. The van der Waals surface area contributed by atoms with Crippen molar-refractivity contribution in [2.75, 3.05) is 18.8 Å². The molecule has 0 unspecified atom stereocenters. The summed E-state index contributed by atoms with van der Waals surface area (Å²) < 4.78 is 2.36. The van der Waals surface area contributed by atoms with Crippen molar-refractivity contribution in [1.82, 2.24) is 14.5 Å². The van der Waals surface area contributed by atoms with Gasteiger partial charge in [0.2, 0.25) is 5.91 Å². The second kappa shape index (κ2) is 8.49. The Labute approximate surface area is 172 Å². The Morgan fingerprint density at radius 1 is 1.18 bits per heavy atom. The summed E-state index contributed by atoms with van der Waals surface area (Å²) >= 11 is 2.85. The number of nitrogens with zero attached hydrogens (tertiary/aromatic N) is 3. The molecule has 1 fully saturated rings. The molecule has 2 aromatic heterocycles. The first kappa shape index (κ1) is 19.2. The molecule has 0 N–H and O–H groups in total. The van der Waals surface area contributed by atoms with Crippen molar-refractivity contribution in [3.63, 3.8) is 0 Å². The van der Waals surface area contributed by atoms with Crippen LogP contribution in [0.5, 0.6) is 0 Å². The molecule has 1 aromatic carbocycles. The maximum absolute atomic E-state index is 13.0. The highest BCUT2D eigenvalue weighted by Crippen LogP contribution is 2.32. The van der Waals surface area contributed by atoms with Crippen LogP contribution in [-0.2, 0) is 11.3 Å². The number of hydrogen-bond donors (Lipinski definition) is 0. The fourth-order valence-corrected chi connectivity index (χ4v) is 5.50. The first-order chi connectivity index (χ1) is 13.7. The smallest absolute Gasteiger partial charge is 0.272 e. The number of benzene rings is 1. The molecule has 4 rings (SSSR count). The average Bonchev–Trinajstić information content (AvgIpc) is 3.18. The van der Waals surface area contributed by atoms with E-state index in [9.17, 15) is 9.59 Å². The summed E-state index contributed by atoms with van der Waals surface area (Å²) in [7, 11) is 0. The van der Waals surface area contributed by atoms with Crippen molar-refractivity contribution < 1.29 is 4.79 Å². The van der Waals surface area contributed by atoms with Gasteiger partial charge in [0.15, 0.2) is 5.16 Å². The van der Waals surface area contributed by atoms with Crippen molar-refractivity contribution in [1.29, 1.82) is 0 Å². The summed E-state index contributed by atoms with van der Waals surface area (Å²) in [5, 5.41) is 0.628. The summed E-state index contributed by atoms with van der Waals surface area (Å²) in [5.74, 6) is 0.463. The van der Waals surface area contributed by atoms with Gasteiger partial charge in [-0.15, -0.1) is 11.3 Å². The second-order valence-corrected chi connectivity index (χ2v) is 8.86. The number of carbonyl (C=O) groups excluding carboxylic acids is 1. The van der Waals surface area contributed by atoms with Crippen molar-refractivity contribution in [3.05, 3.63) is 46.8 Å². The lowest BCUT2D eigenvalue weighted by atomic mass is 10.1. The number of carbonyl (C=O) groups is 1. The number of fused-ring (bicyclic) bond motifs is 1. The zero-order valence-corrected chi connectivity index (χ0v) is 17.5. The van der Waals surface area contributed by atoms with Gasteiger partial charge in [-0.3, -0.25) is 14.2 Å². The number of amides is 1. The molecule has 0 atom stereocenters. The molecule has 0 aliphatic carbocycles. The minimum absolute atomic E-state index is 0.0207. The highest BCUT2D eigenvalue weighted by atomic mass is 32.2. The molecular weight excluding hydrogens is 390 g/mol. The molecule has 1 amide bonds. The van der Waals surface area contributed by atoms with Crippen molar-refractivity contribution in [2.45, 2.75) is 37.9 Å². The van der Waals surface area contributed by atoms with Crippen LogP contribution in [0.1, 0.15) is 26.2 Å². The van der Waals surface area contributed by atoms with E-state index >= 15 is 0 Å². The van der Waals surface area contributed by atoms with E-state index in [2.05, 4.69) is 0 Å². The van der Waals surface area contributed by atoms with E-state index in [4.69, 9.17) is 4.98 Å². The first-order valence-electron chi connectivity index (χ1n) is 9.67. The lowest BCUT2D eigenvalue weighted by molar-refractivity contribution is -0.129. The number of aromatic nitrogens is 2. The van der Waals surface area contributed by atoms with E-state index in [-0.39, 0.29) is 11.5 Å². The molecule has 1 saturated heterocycles. The summed E-state index contributed by atoms with van der Waals surface area (Å²) in [6, 6.07) is 12.0. The molecule has 5 nitrogen and oxygen atoms in total. The molecule has 0 spiro atoms. The SMILES string of the molecule is CCn1c(SCC(=O)N2CCCCC2)nc2cc(-c3ccccc3)sc2c1=O. The molecule has 0 saturated carbocycles. The van der Waals surface area contributed by atoms with Gasteiger partial charge in [-0.25, -0.2) is 4.98 Å². The molecule has 1 aliphatic heterocycles. The van der Waals surface area contributed by atoms with Crippen LogP contribution in [0.4, 0.5) is 0 Å². The third-order valence-corrected chi connectivity index (χ3v) is 7.13. The van der Waals surface area contributed by atoms with Gasteiger partial charge in [0.25, 0.3) is 5.56 Å². The standard InChI is InChI=1S/C21H23N3O2S2/c1-2-24-20(26)19-16(13-17(28-19)15-9-5-3-6-10-15)22-21(24)27-14-18(25)23-11-7-4-8-12-23/h3,5-6,9-10,13H,2,4,7-8,11-12,14H2,1H3. The Morgan fingerprint density at radius 2 is 1.93 bits per heavy atom. The number of hydrogen-bond acceptors (Lipinski definition) is 5. The van der Waals surface area contributed by atoms with Crippen LogP contribution in [0.2, 0.25) is 0 Å². The Hall–Kier alpha value is -2.12. The van der Waals surface area contributed by atoms with Gasteiger partial charge in [0.05, 0.1) is 11.3 Å². The molecule has 3 aromatic rings. The maximum Gasteiger partial charge on any atom is 0.272 e. The fourth-order valence-electron chi connectivity index (χ4n) is 3.49. The number of thiophene rings is 1. The summed E-state index contributed by atoms with van der Waals surface area (Å²) in [5.41, 5.74) is 1.78. The number of likely N-dealkylation sites (tertiary alicyclic amines) is 1. The van der Waals surface area contributed by atoms with Crippen molar-refractivity contribution in [2.24, 2.45) is 0 Å². The van der Waals surface area contributed by atoms with Crippen LogP contribution in [0.25, 0.3) is 20.7 Å². The van der Waals surface area contributed by atoms with Gasteiger partial charge < -0.3 is 4.90 Å². The lowest BCUT2D eigenvalue weighted by Crippen LogP contribution is -2.36. The largest absolute Gasteiger partial charge is 0.342 e. The normalized spacial score (nSPS) is 14.5. The monoisotopic (exact) mass is 413 g/mol. The molecular formula is C21H23N3O2S2. The van der Waals surface area contributed by atoms with E-state index in [1.807, 2.05) is 48.2 Å². The van der Waals surface area contributed by atoms with E-state index < -0.39 is 0 Å². The molecule has 0 radical (unpaired) electrons. The maximum atomic E-state index is 13.0. The van der Waals surface area contributed by atoms with E-state index in [1.165, 1.54) is 29.5 Å². The second-order valence-electron chi connectivity index (χ2n) is 6.86. The predicted molar refractivity (Wildman–Crippen MR) is 116 cm³/mol. The Bertz CT molecular complexity index is 1040. The third kappa shape index (κ3) is 3.86. The number of piperidine rings is 1. The van der Waals surface area contributed by atoms with E-state index in [0.717, 1.165) is 36.4 Å². The topological polar surface area (TPSA) is 55.2 Å².